The van der Waals surface area contributed by atoms with Gasteiger partial charge in [-0.2, -0.15) is 4.39 Å². The minimum Gasteiger partial charge on any atom is -0.456 e. The van der Waals surface area contributed by atoms with E-state index in [0.717, 1.165) is 16.4 Å². The minimum atomic E-state index is -0.517. The summed E-state index contributed by atoms with van der Waals surface area (Å²) in [6.45, 7) is 0. The maximum Gasteiger partial charge on any atom is 0.216 e. The Morgan fingerprint density at radius 3 is 2.86 bits per heavy atom. The van der Waals surface area contributed by atoms with Crippen molar-refractivity contribution in [3.8, 4) is 0 Å². The minimum absolute atomic E-state index is 0.517. The van der Waals surface area contributed by atoms with Crippen molar-refractivity contribution in [3.63, 3.8) is 0 Å². The summed E-state index contributed by atoms with van der Waals surface area (Å²) in [6.07, 6.45) is 1.50. The molecule has 0 spiro atoms. The van der Waals surface area contributed by atoms with Gasteiger partial charge in [0.1, 0.15) is 11.2 Å². The third-order valence-electron chi connectivity index (χ3n) is 2.23. The summed E-state index contributed by atoms with van der Waals surface area (Å²) in [7, 11) is 0. The van der Waals surface area contributed by atoms with Gasteiger partial charge in [0.25, 0.3) is 0 Å². The first-order chi connectivity index (χ1) is 6.84. The number of para-hydroxylation sites is 1. The number of pyridine rings is 1. The molecule has 0 unspecified atom stereocenters. The molecule has 2 nitrogen and oxygen atoms in total. The van der Waals surface area contributed by atoms with Crippen molar-refractivity contribution in [1.82, 2.24) is 4.98 Å². The van der Waals surface area contributed by atoms with Crippen molar-refractivity contribution in [3.05, 3.63) is 42.5 Å². The maximum atomic E-state index is 12.8. The lowest BCUT2D eigenvalue weighted by Crippen LogP contribution is -1.78. The Hall–Kier alpha value is -1.90. The quantitative estimate of drug-likeness (QED) is 0.505. The van der Waals surface area contributed by atoms with E-state index in [0.29, 0.717) is 5.58 Å². The Morgan fingerprint density at radius 1 is 1.07 bits per heavy atom. The van der Waals surface area contributed by atoms with Gasteiger partial charge in [0, 0.05) is 23.0 Å². The molecule has 0 saturated heterocycles. The highest BCUT2D eigenvalue weighted by molar-refractivity contribution is 6.04. The van der Waals surface area contributed by atoms with E-state index in [1.807, 2.05) is 24.3 Å². The second-order valence-corrected chi connectivity index (χ2v) is 3.10. The molecule has 68 valence electrons. The van der Waals surface area contributed by atoms with Crippen LogP contribution in [0.15, 0.2) is 40.9 Å². The largest absolute Gasteiger partial charge is 0.456 e. The standard InChI is InChI=1S/C11H6FNO/c12-11-5-10-8(6-13-11)7-3-1-2-4-9(7)14-10/h1-6H. The van der Waals surface area contributed by atoms with Gasteiger partial charge in [0.05, 0.1) is 0 Å². The highest BCUT2D eigenvalue weighted by Gasteiger charge is 2.06. The van der Waals surface area contributed by atoms with Crippen LogP contribution in [-0.4, -0.2) is 4.98 Å². The summed E-state index contributed by atoms with van der Waals surface area (Å²) < 4.78 is 18.2. The Morgan fingerprint density at radius 2 is 1.93 bits per heavy atom. The van der Waals surface area contributed by atoms with Crippen LogP contribution < -0.4 is 0 Å². The topological polar surface area (TPSA) is 26.0 Å². The van der Waals surface area contributed by atoms with E-state index in [9.17, 15) is 4.39 Å². The molecule has 0 aliphatic rings. The second-order valence-electron chi connectivity index (χ2n) is 3.10. The van der Waals surface area contributed by atoms with Crippen LogP contribution in [0.25, 0.3) is 21.9 Å². The number of nitrogens with zero attached hydrogens (tertiary/aromatic N) is 1. The molecule has 0 atom stereocenters. The number of hydrogen-bond donors (Lipinski definition) is 0. The van der Waals surface area contributed by atoms with Crippen LogP contribution in [0.1, 0.15) is 0 Å². The average Bonchev–Trinajstić information content (AvgIpc) is 2.54. The molecule has 0 saturated carbocycles. The van der Waals surface area contributed by atoms with Crippen molar-refractivity contribution >= 4 is 21.9 Å². The Labute approximate surface area is 79.0 Å². The molecule has 0 amide bonds. The zero-order valence-electron chi connectivity index (χ0n) is 7.20. The number of furan rings is 1. The molecule has 0 N–H and O–H groups in total. The van der Waals surface area contributed by atoms with Crippen molar-refractivity contribution in [2.24, 2.45) is 0 Å². The normalized spacial score (nSPS) is 11.2. The Kier molecular flexibility index (Phi) is 1.36. The third kappa shape index (κ3) is 0.923. The monoisotopic (exact) mass is 187 g/mol. The van der Waals surface area contributed by atoms with Crippen LogP contribution in [0.4, 0.5) is 4.39 Å². The van der Waals surface area contributed by atoms with Crippen LogP contribution in [-0.2, 0) is 0 Å². The molecule has 3 heteroatoms. The smallest absolute Gasteiger partial charge is 0.216 e. The molecule has 2 heterocycles. The third-order valence-corrected chi connectivity index (χ3v) is 2.23. The van der Waals surface area contributed by atoms with Gasteiger partial charge in [-0.15, -0.1) is 0 Å². The predicted molar refractivity (Wildman–Crippen MR) is 51.5 cm³/mol. The first-order valence-electron chi connectivity index (χ1n) is 4.27. The number of fused-ring (bicyclic) bond motifs is 3. The van der Waals surface area contributed by atoms with Crippen molar-refractivity contribution in [2.45, 2.75) is 0 Å². The molecular formula is C11H6FNO. The van der Waals surface area contributed by atoms with Gasteiger partial charge in [0.2, 0.25) is 5.95 Å². The Bertz CT molecular complexity index is 615. The lowest BCUT2D eigenvalue weighted by Gasteiger charge is -1.87. The first-order valence-corrected chi connectivity index (χ1v) is 4.27. The SMILES string of the molecule is Fc1cc2oc3ccccc3c2cn1. The zero-order chi connectivity index (χ0) is 9.54. The summed E-state index contributed by atoms with van der Waals surface area (Å²) in [6, 6.07) is 8.89. The van der Waals surface area contributed by atoms with E-state index in [4.69, 9.17) is 4.42 Å². The highest BCUT2D eigenvalue weighted by Crippen LogP contribution is 2.27. The molecule has 0 aliphatic carbocycles. The van der Waals surface area contributed by atoms with Crippen LogP contribution >= 0.6 is 0 Å². The van der Waals surface area contributed by atoms with Crippen molar-refractivity contribution in [2.75, 3.05) is 0 Å². The van der Waals surface area contributed by atoms with Crippen molar-refractivity contribution < 1.29 is 8.81 Å². The second kappa shape index (κ2) is 2.54. The number of aromatic nitrogens is 1. The molecule has 0 radical (unpaired) electrons. The van der Waals surface area contributed by atoms with Crippen LogP contribution in [0.3, 0.4) is 0 Å². The van der Waals surface area contributed by atoms with Gasteiger partial charge >= 0.3 is 0 Å². The fourth-order valence-corrected chi connectivity index (χ4v) is 1.60. The van der Waals surface area contributed by atoms with E-state index in [-0.39, 0.29) is 0 Å². The van der Waals surface area contributed by atoms with E-state index in [2.05, 4.69) is 4.98 Å². The predicted octanol–water partition coefficient (Wildman–Crippen LogP) is 3.12. The summed E-state index contributed by atoms with van der Waals surface area (Å²) in [5.74, 6) is -0.517. The van der Waals surface area contributed by atoms with E-state index in [1.54, 1.807) is 0 Å². The van der Waals surface area contributed by atoms with Crippen LogP contribution in [0.2, 0.25) is 0 Å². The van der Waals surface area contributed by atoms with E-state index < -0.39 is 5.95 Å². The molecular weight excluding hydrogens is 181 g/mol. The zero-order valence-corrected chi connectivity index (χ0v) is 7.20. The molecule has 3 aromatic rings. The van der Waals surface area contributed by atoms with Crippen LogP contribution in [0, 0.1) is 5.95 Å². The summed E-state index contributed by atoms with van der Waals surface area (Å²) in [5.41, 5.74) is 1.30. The molecule has 2 aromatic heterocycles. The molecule has 14 heavy (non-hydrogen) atoms. The molecule has 0 bridgehead atoms. The lowest BCUT2D eigenvalue weighted by atomic mass is 10.2. The number of halogens is 1. The van der Waals surface area contributed by atoms with Gasteiger partial charge in [-0.1, -0.05) is 18.2 Å². The molecule has 0 fully saturated rings. The molecule has 0 aliphatic heterocycles. The summed E-state index contributed by atoms with van der Waals surface area (Å²) >= 11 is 0. The van der Waals surface area contributed by atoms with E-state index >= 15 is 0 Å². The maximum absolute atomic E-state index is 12.8. The van der Waals surface area contributed by atoms with Gasteiger partial charge in [-0.05, 0) is 6.07 Å². The first kappa shape index (κ1) is 7.50. The summed E-state index contributed by atoms with van der Waals surface area (Å²) in [5, 5.41) is 1.82. The number of benzene rings is 1. The molecule has 3 rings (SSSR count). The van der Waals surface area contributed by atoms with Gasteiger partial charge in [0.15, 0.2) is 0 Å². The van der Waals surface area contributed by atoms with E-state index in [1.165, 1.54) is 12.3 Å². The molecule has 1 aromatic carbocycles. The number of hydrogen-bond acceptors (Lipinski definition) is 2. The van der Waals surface area contributed by atoms with Crippen LogP contribution in [0.5, 0.6) is 0 Å². The summed E-state index contributed by atoms with van der Waals surface area (Å²) in [4.78, 5) is 3.60. The highest BCUT2D eigenvalue weighted by atomic mass is 19.1. The van der Waals surface area contributed by atoms with Gasteiger partial charge < -0.3 is 4.42 Å². The average molecular weight is 187 g/mol. The fraction of sp³-hybridized carbons (Fsp3) is 0. The number of rotatable bonds is 0. The fourth-order valence-electron chi connectivity index (χ4n) is 1.60. The Balaban J connectivity index is 2.57. The van der Waals surface area contributed by atoms with Gasteiger partial charge in [-0.3, -0.25) is 0 Å². The lowest BCUT2D eigenvalue weighted by molar-refractivity contribution is 0.579. The van der Waals surface area contributed by atoms with Crippen molar-refractivity contribution in [1.29, 1.82) is 0 Å². The van der Waals surface area contributed by atoms with Gasteiger partial charge in [-0.25, -0.2) is 4.98 Å².